The minimum Gasteiger partial charge on any atom is -0.294 e. The lowest BCUT2D eigenvalue weighted by Crippen LogP contribution is -2.32. The summed E-state index contributed by atoms with van der Waals surface area (Å²) in [5.74, 6) is 0.527. The fourth-order valence-corrected chi connectivity index (χ4v) is 2.77. The Kier molecular flexibility index (Phi) is 3.11. The van der Waals surface area contributed by atoms with E-state index in [1.807, 2.05) is 12.3 Å². The molecular formula is C16H18N2. The van der Waals surface area contributed by atoms with E-state index in [9.17, 15) is 0 Å². The van der Waals surface area contributed by atoms with Gasteiger partial charge in [0.05, 0.1) is 0 Å². The first kappa shape index (κ1) is 11.4. The highest BCUT2D eigenvalue weighted by Gasteiger charge is 2.22. The predicted octanol–water partition coefficient (Wildman–Crippen LogP) is 3.20. The molecule has 0 N–H and O–H groups in total. The van der Waals surface area contributed by atoms with Gasteiger partial charge >= 0.3 is 0 Å². The Balaban J connectivity index is 1.78. The topological polar surface area (TPSA) is 16.1 Å². The minimum absolute atomic E-state index is 0.527. The molecule has 0 saturated carbocycles. The number of nitrogens with zero attached hydrogens (tertiary/aromatic N) is 2. The van der Waals surface area contributed by atoms with Crippen LogP contribution in [-0.2, 0) is 13.1 Å². The third-order valence-electron chi connectivity index (χ3n) is 3.57. The molecule has 2 nitrogen and oxygen atoms in total. The third kappa shape index (κ3) is 2.29. The second kappa shape index (κ2) is 4.91. The van der Waals surface area contributed by atoms with Gasteiger partial charge in [-0.15, -0.1) is 0 Å². The van der Waals surface area contributed by atoms with Gasteiger partial charge in [-0.25, -0.2) is 0 Å². The SMILES string of the molecule is CC1CN(Cc2ccccc2)Cc2cccnc21. The highest BCUT2D eigenvalue weighted by Crippen LogP contribution is 2.26. The summed E-state index contributed by atoms with van der Waals surface area (Å²) in [6.45, 7) is 5.41. The summed E-state index contributed by atoms with van der Waals surface area (Å²) in [6, 6.07) is 14.9. The second-order valence-corrected chi connectivity index (χ2v) is 5.10. The predicted molar refractivity (Wildman–Crippen MR) is 73.2 cm³/mol. The summed E-state index contributed by atoms with van der Waals surface area (Å²) in [5, 5.41) is 0. The lowest BCUT2D eigenvalue weighted by Gasteiger charge is -2.32. The number of fused-ring (bicyclic) bond motifs is 1. The molecule has 18 heavy (non-hydrogen) atoms. The molecule has 2 heteroatoms. The molecule has 0 radical (unpaired) electrons. The fraction of sp³-hybridized carbons (Fsp3) is 0.312. The van der Waals surface area contributed by atoms with Crippen molar-refractivity contribution in [3.05, 3.63) is 65.5 Å². The van der Waals surface area contributed by atoms with Crippen molar-refractivity contribution in [2.24, 2.45) is 0 Å². The Bertz CT molecular complexity index is 522. The summed E-state index contributed by atoms with van der Waals surface area (Å²) in [4.78, 5) is 7.02. The number of benzene rings is 1. The van der Waals surface area contributed by atoms with E-state index < -0.39 is 0 Å². The van der Waals surface area contributed by atoms with E-state index in [2.05, 4.69) is 53.2 Å². The molecule has 1 unspecified atom stereocenters. The number of hydrogen-bond donors (Lipinski definition) is 0. The normalized spacial score (nSPS) is 19.5. The van der Waals surface area contributed by atoms with Gasteiger partial charge in [-0.3, -0.25) is 9.88 Å². The first-order chi connectivity index (χ1) is 8.83. The quantitative estimate of drug-likeness (QED) is 0.798. The van der Waals surface area contributed by atoms with E-state index >= 15 is 0 Å². The fourth-order valence-electron chi connectivity index (χ4n) is 2.77. The van der Waals surface area contributed by atoms with Gasteiger partial charge in [0.25, 0.3) is 0 Å². The molecule has 1 aliphatic heterocycles. The zero-order chi connectivity index (χ0) is 12.4. The summed E-state index contributed by atoms with van der Waals surface area (Å²) in [5.41, 5.74) is 4.05. The first-order valence-electron chi connectivity index (χ1n) is 6.53. The van der Waals surface area contributed by atoms with Crippen molar-refractivity contribution in [2.75, 3.05) is 6.54 Å². The summed E-state index contributed by atoms with van der Waals surface area (Å²) in [7, 11) is 0. The molecule has 2 aromatic rings. The van der Waals surface area contributed by atoms with Crippen LogP contribution in [0, 0.1) is 0 Å². The van der Waals surface area contributed by atoms with Gasteiger partial charge in [0, 0.05) is 37.4 Å². The molecule has 1 aromatic heterocycles. The van der Waals surface area contributed by atoms with Gasteiger partial charge in [0.2, 0.25) is 0 Å². The van der Waals surface area contributed by atoms with Crippen molar-refractivity contribution in [1.82, 2.24) is 9.88 Å². The van der Waals surface area contributed by atoms with Crippen LogP contribution >= 0.6 is 0 Å². The van der Waals surface area contributed by atoms with Gasteiger partial charge in [0.1, 0.15) is 0 Å². The lowest BCUT2D eigenvalue weighted by molar-refractivity contribution is 0.224. The molecule has 1 aliphatic rings. The van der Waals surface area contributed by atoms with Crippen LogP contribution in [0.3, 0.4) is 0 Å². The van der Waals surface area contributed by atoms with Crippen LogP contribution in [0.5, 0.6) is 0 Å². The average molecular weight is 238 g/mol. The van der Waals surface area contributed by atoms with E-state index in [4.69, 9.17) is 0 Å². The summed E-state index contributed by atoms with van der Waals surface area (Å²) < 4.78 is 0. The third-order valence-corrected chi connectivity index (χ3v) is 3.57. The molecule has 1 aromatic carbocycles. The van der Waals surface area contributed by atoms with Crippen molar-refractivity contribution in [3.8, 4) is 0 Å². The zero-order valence-electron chi connectivity index (χ0n) is 10.7. The van der Waals surface area contributed by atoms with Crippen LogP contribution in [-0.4, -0.2) is 16.4 Å². The maximum absolute atomic E-state index is 4.52. The highest BCUT2D eigenvalue weighted by molar-refractivity contribution is 5.26. The molecule has 0 bridgehead atoms. The molecule has 2 heterocycles. The van der Waals surface area contributed by atoms with Gasteiger partial charge < -0.3 is 0 Å². The number of hydrogen-bond acceptors (Lipinski definition) is 2. The Morgan fingerprint density at radius 1 is 1.17 bits per heavy atom. The highest BCUT2D eigenvalue weighted by atomic mass is 15.1. The van der Waals surface area contributed by atoms with E-state index in [0.29, 0.717) is 5.92 Å². The lowest BCUT2D eigenvalue weighted by atomic mass is 9.96. The molecule has 0 spiro atoms. The Morgan fingerprint density at radius 2 is 2.00 bits per heavy atom. The van der Waals surface area contributed by atoms with Crippen molar-refractivity contribution in [3.63, 3.8) is 0 Å². The smallest absolute Gasteiger partial charge is 0.0489 e. The van der Waals surface area contributed by atoms with Gasteiger partial charge in [0.15, 0.2) is 0 Å². The van der Waals surface area contributed by atoms with Crippen LogP contribution < -0.4 is 0 Å². The minimum atomic E-state index is 0.527. The number of rotatable bonds is 2. The van der Waals surface area contributed by atoms with Crippen LogP contribution in [0.2, 0.25) is 0 Å². The van der Waals surface area contributed by atoms with Crippen LogP contribution in [0.25, 0.3) is 0 Å². The van der Waals surface area contributed by atoms with Crippen LogP contribution in [0.1, 0.15) is 29.7 Å². The molecule has 0 fully saturated rings. The summed E-state index contributed by atoms with van der Waals surface area (Å²) >= 11 is 0. The average Bonchev–Trinajstić information content (AvgIpc) is 2.40. The van der Waals surface area contributed by atoms with Gasteiger partial charge in [-0.2, -0.15) is 0 Å². The molecule has 3 rings (SSSR count). The number of aromatic nitrogens is 1. The zero-order valence-corrected chi connectivity index (χ0v) is 10.7. The van der Waals surface area contributed by atoms with Gasteiger partial charge in [-0.1, -0.05) is 43.3 Å². The molecule has 92 valence electrons. The molecule has 0 aliphatic carbocycles. The molecule has 0 saturated heterocycles. The van der Waals surface area contributed by atoms with Crippen molar-refractivity contribution < 1.29 is 0 Å². The van der Waals surface area contributed by atoms with Crippen molar-refractivity contribution >= 4 is 0 Å². The second-order valence-electron chi connectivity index (χ2n) is 5.10. The van der Waals surface area contributed by atoms with Crippen molar-refractivity contribution in [2.45, 2.75) is 25.9 Å². The van der Waals surface area contributed by atoms with E-state index in [1.165, 1.54) is 16.8 Å². The monoisotopic (exact) mass is 238 g/mol. The molecule has 0 amide bonds. The van der Waals surface area contributed by atoms with E-state index in [-0.39, 0.29) is 0 Å². The number of pyridine rings is 1. The largest absolute Gasteiger partial charge is 0.294 e. The summed E-state index contributed by atoms with van der Waals surface area (Å²) in [6.07, 6.45) is 1.90. The standard InChI is InChI=1S/C16H18N2/c1-13-10-18(11-14-6-3-2-4-7-14)12-15-8-5-9-17-16(13)15/h2-9,13H,10-12H2,1H3. The first-order valence-corrected chi connectivity index (χ1v) is 6.53. The van der Waals surface area contributed by atoms with Gasteiger partial charge in [-0.05, 0) is 17.2 Å². The maximum Gasteiger partial charge on any atom is 0.0489 e. The van der Waals surface area contributed by atoms with E-state index in [0.717, 1.165) is 19.6 Å². The molecule has 1 atom stereocenters. The van der Waals surface area contributed by atoms with Crippen LogP contribution in [0.4, 0.5) is 0 Å². The molecular weight excluding hydrogens is 220 g/mol. The van der Waals surface area contributed by atoms with Crippen LogP contribution in [0.15, 0.2) is 48.7 Å². The van der Waals surface area contributed by atoms with Crippen molar-refractivity contribution in [1.29, 1.82) is 0 Å². The Labute approximate surface area is 108 Å². The maximum atomic E-state index is 4.52. The Hall–Kier alpha value is -1.67. The van der Waals surface area contributed by atoms with E-state index in [1.54, 1.807) is 0 Å². The Morgan fingerprint density at radius 3 is 2.83 bits per heavy atom.